The molecule has 0 spiro atoms. The number of hydrogen-bond donors (Lipinski definition) is 1. The van der Waals surface area contributed by atoms with Crippen LogP contribution in [0.3, 0.4) is 0 Å². The van der Waals surface area contributed by atoms with Crippen molar-refractivity contribution >= 4 is 34.7 Å². The average Bonchev–Trinajstić information content (AvgIpc) is 2.47. The summed E-state index contributed by atoms with van der Waals surface area (Å²) in [6.07, 6.45) is 1.33. The van der Waals surface area contributed by atoms with E-state index in [0.29, 0.717) is 33.5 Å². The van der Waals surface area contributed by atoms with Crippen LogP contribution in [0.1, 0.15) is 35.7 Å². The van der Waals surface area contributed by atoms with E-state index in [0.717, 1.165) is 12.0 Å². The Morgan fingerprint density at radius 1 is 1.18 bits per heavy atom. The summed E-state index contributed by atoms with van der Waals surface area (Å²) >= 11 is 12.0. The van der Waals surface area contributed by atoms with Crippen LogP contribution in [-0.2, 0) is 6.61 Å². The van der Waals surface area contributed by atoms with Gasteiger partial charge in [-0.1, -0.05) is 36.2 Å². The van der Waals surface area contributed by atoms with Gasteiger partial charge in [0.15, 0.2) is 5.78 Å². The Bertz CT molecular complexity index is 686. The van der Waals surface area contributed by atoms with Crippen LogP contribution < -0.4 is 10.5 Å². The number of rotatable bonds is 6. The Balaban J connectivity index is 2.08. The molecule has 5 heteroatoms. The highest BCUT2D eigenvalue weighted by Crippen LogP contribution is 2.26. The van der Waals surface area contributed by atoms with Crippen LogP contribution in [0.5, 0.6) is 5.75 Å². The van der Waals surface area contributed by atoms with Crippen molar-refractivity contribution in [2.24, 2.45) is 0 Å². The number of Topliss-reactive ketones (excluding diaryl/α,β-unsaturated/α-hetero) is 1. The van der Waals surface area contributed by atoms with E-state index >= 15 is 0 Å². The second-order valence-electron chi connectivity index (χ2n) is 4.95. The summed E-state index contributed by atoms with van der Waals surface area (Å²) in [5, 5.41) is 1.12. The van der Waals surface area contributed by atoms with Crippen LogP contribution in [0, 0.1) is 0 Å². The van der Waals surface area contributed by atoms with Crippen molar-refractivity contribution in [2.45, 2.75) is 26.4 Å². The molecule has 116 valence electrons. The van der Waals surface area contributed by atoms with E-state index in [1.807, 2.05) is 6.92 Å². The summed E-state index contributed by atoms with van der Waals surface area (Å²) in [5.74, 6) is 0.612. The van der Waals surface area contributed by atoms with Gasteiger partial charge < -0.3 is 10.5 Å². The second-order valence-corrected chi connectivity index (χ2v) is 5.79. The largest absolute Gasteiger partial charge is 0.487 e. The minimum Gasteiger partial charge on any atom is -0.487 e. The van der Waals surface area contributed by atoms with Crippen molar-refractivity contribution in [1.29, 1.82) is 0 Å². The standard InChI is InChI=1S/C17H17Cl2NO2/c1-2-3-16(21)11-5-7-17(15(20)8-11)22-10-12-4-6-13(18)9-14(12)19/h4-9H,2-3,10,20H2,1H3. The van der Waals surface area contributed by atoms with Gasteiger partial charge in [0.2, 0.25) is 0 Å². The van der Waals surface area contributed by atoms with Crippen LogP contribution in [-0.4, -0.2) is 5.78 Å². The average molecular weight is 338 g/mol. The van der Waals surface area contributed by atoms with Gasteiger partial charge in [0.05, 0.1) is 5.69 Å². The second kappa shape index (κ2) is 7.52. The number of anilines is 1. The Kier molecular flexibility index (Phi) is 5.69. The lowest BCUT2D eigenvalue weighted by molar-refractivity contribution is 0.0981. The van der Waals surface area contributed by atoms with Crippen LogP contribution in [0.15, 0.2) is 36.4 Å². The number of ether oxygens (including phenoxy) is 1. The summed E-state index contributed by atoms with van der Waals surface area (Å²) in [7, 11) is 0. The zero-order valence-electron chi connectivity index (χ0n) is 12.2. The Morgan fingerprint density at radius 3 is 2.59 bits per heavy atom. The van der Waals surface area contributed by atoms with Crippen LogP contribution >= 0.6 is 23.2 Å². The fourth-order valence-electron chi connectivity index (χ4n) is 2.02. The zero-order chi connectivity index (χ0) is 16.1. The zero-order valence-corrected chi connectivity index (χ0v) is 13.7. The van der Waals surface area contributed by atoms with E-state index in [4.69, 9.17) is 33.7 Å². The molecule has 2 N–H and O–H groups in total. The van der Waals surface area contributed by atoms with Gasteiger partial charge >= 0.3 is 0 Å². The van der Waals surface area contributed by atoms with Gasteiger partial charge in [-0.3, -0.25) is 4.79 Å². The van der Waals surface area contributed by atoms with E-state index in [1.54, 1.807) is 36.4 Å². The van der Waals surface area contributed by atoms with Crippen molar-refractivity contribution in [1.82, 2.24) is 0 Å². The highest BCUT2D eigenvalue weighted by Gasteiger charge is 2.09. The highest BCUT2D eigenvalue weighted by atomic mass is 35.5. The molecule has 22 heavy (non-hydrogen) atoms. The summed E-state index contributed by atoms with van der Waals surface area (Å²) in [6, 6.07) is 10.3. The van der Waals surface area contributed by atoms with Crippen molar-refractivity contribution in [2.75, 3.05) is 5.73 Å². The SMILES string of the molecule is CCCC(=O)c1ccc(OCc2ccc(Cl)cc2Cl)c(N)c1. The first-order chi connectivity index (χ1) is 10.5. The lowest BCUT2D eigenvalue weighted by Gasteiger charge is -2.11. The highest BCUT2D eigenvalue weighted by molar-refractivity contribution is 6.35. The van der Waals surface area contributed by atoms with E-state index < -0.39 is 0 Å². The molecule has 0 bridgehead atoms. The molecule has 0 atom stereocenters. The number of ketones is 1. The van der Waals surface area contributed by atoms with Gasteiger partial charge in [-0.05, 0) is 36.8 Å². The minimum absolute atomic E-state index is 0.0847. The van der Waals surface area contributed by atoms with Crippen molar-refractivity contribution in [3.63, 3.8) is 0 Å². The molecule has 0 aliphatic heterocycles. The van der Waals surface area contributed by atoms with E-state index in [2.05, 4.69) is 0 Å². The molecule has 2 aromatic carbocycles. The van der Waals surface area contributed by atoms with Gasteiger partial charge in [-0.25, -0.2) is 0 Å². The van der Waals surface area contributed by atoms with Crippen LogP contribution in [0.2, 0.25) is 10.0 Å². The number of nitrogens with two attached hydrogens (primary N) is 1. The fraction of sp³-hybridized carbons (Fsp3) is 0.235. The van der Waals surface area contributed by atoms with Gasteiger partial charge in [-0.2, -0.15) is 0 Å². The number of benzene rings is 2. The quantitative estimate of drug-likeness (QED) is 0.586. The first kappa shape index (κ1) is 16.7. The van der Waals surface area contributed by atoms with Crippen molar-refractivity contribution in [3.8, 4) is 5.75 Å². The monoisotopic (exact) mass is 337 g/mol. The normalized spacial score (nSPS) is 10.5. The molecule has 0 unspecified atom stereocenters. The van der Waals surface area contributed by atoms with E-state index in [-0.39, 0.29) is 12.4 Å². The maximum atomic E-state index is 11.8. The summed E-state index contributed by atoms with van der Waals surface area (Å²) in [4.78, 5) is 11.8. The number of carbonyl (C=O) groups excluding carboxylic acids is 1. The summed E-state index contributed by atoms with van der Waals surface area (Å²) in [6.45, 7) is 2.25. The predicted octanol–water partition coefficient (Wildman–Crippen LogP) is 5.14. The fourth-order valence-corrected chi connectivity index (χ4v) is 2.48. The number of nitrogen functional groups attached to an aromatic ring is 1. The predicted molar refractivity (Wildman–Crippen MR) is 90.9 cm³/mol. The molecule has 0 aliphatic rings. The molecule has 0 saturated carbocycles. The smallest absolute Gasteiger partial charge is 0.162 e. The van der Waals surface area contributed by atoms with Crippen LogP contribution in [0.4, 0.5) is 5.69 Å². The van der Waals surface area contributed by atoms with Gasteiger partial charge in [0.25, 0.3) is 0 Å². The molecule has 0 aliphatic carbocycles. The van der Waals surface area contributed by atoms with Crippen molar-refractivity contribution < 1.29 is 9.53 Å². The molecule has 2 rings (SSSR count). The lowest BCUT2D eigenvalue weighted by atomic mass is 10.1. The Morgan fingerprint density at radius 2 is 1.95 bits per heavy atom. The molecule has 0 radical (unpaired) electrons. The summed E-state index contributed by atoms with van der Waals surface area (Å²) in [5.41, 5.74) is 7.81. The van der Waals surface area contributed by atoms with Gasteiger partial charge in [-0.15, -0.1) is 0 Å². The number of halogens is 2. The molecule has 0 fully saturated rings. The minimum atomic E-state index is 0.0847. The van der Waals surface area contributed by atoms with Gasteiger partial charge in [0.1, 0.15) is 12.4 Å². The maximum absolute atomic E-state index is 11.8. The number of hydrogen-bond acceptors (Lipinski definition) is 3. The third-order valence-corrected chi connectivity index (χ3v) is 3.79. The molecule has 0 amide bonds. The molecule has 2 aromatic rings. The molecular formula is C17H17Cl2NO2. The first-order valence-corrected chi connectivity index (χ1v) is 7.76. The summed E-state index contributed by atoms with van der Waals surface area (Å²) < 4.78 is 5.67. The Hall–Kier alpha value is -1.71. The molecule has 0 saturated heterocycles. The molecule has 0 aromatic heterocycles. The van der Waals surface area contributed by atoms with E-state index in [9.17, 15) is 4.79 Å². The first-order valence-electron chi connectivity index (χ1n) is 7.00. The third kappa shape index (κ3) is 4.15. The van der Waals surface area contributed by atoms with Gasteiger partial charge in [0, 0.05) is 27.6 Å². The number of carbonyl (C=O) groups is 1. The maximum Gasteiger partial charge on any atom is 0.162 e. The van der Waals surface area contributed by atoms with E-state index in [1.165, 1.54) is 0 Å². The third-order valence-electron chi connectivity index (χ3n) is 3.21. The van der Waals surface area contributed by atoms with Crippen molar-refractivity contribution in [3.05, 3.63) is 57.6 Å². The van der Waals surface area contributed by atoms with Crippen LogP contribution in [0.25, 0.3) is 0 Å². The Labute approximate surface area is 140 Å². The lowest BCUT2D eigenvalue weighted by Crippen LogP contribution is -2.03. The molecule has 3 nitrogen and oxygen atoms in total. The molecular weight excluding hydrogens is 321 g/mol. The molecule has 0 heterocycles. The topological polar surface area (TPSA) is 52.3 Å².